The molecular weight excluding hydrogens is 262 g/mol. The van der Waals surface area contributed by atoms with E-state index in [2.05, 4.69) is 32.8 Å². The van der Waals surface area contributed by atoms with Crippen LogP contribution in [0.2, 0.25) is 0 Å². The number of aromatic nitrogens is 7. The van der Waals surface area contributed by atoms with Crippen molar-refractivity contribution < 1.29 is 9.53 Å². The summed E-state index contributed by atoms with van der Waals surface area (Å²) >= 11 is 0. The summed E-state index contributed by atoms with van der Waals surface area (Å²) in [6, 6.07) is 0. The average molecular weight is 279 g/mol. The number of rotatable bonds is 7. The third kappa shape index (κ3) is 3.59. The Kier molecular flexibility index (Phi) is 4.75. The number of esters is 1. The lowest BCUT2D eigenvalue weighted by atomic mass is 10.4. The first-order valence-electron chi connectivity index (χ1n) is 6.52. The SMILES string of the molecule is CCCn1cc(Cn2nnnc2CC(=O)OCC)nn1. The van der Waals surface area contributed by atoms with E-state index in [1.165, 1.54) is 4.68 Å². The summed E-state index contributed by atoms with van der Waals surface area (Å²) in [5.74, 6) is 0.103. The molecule has 9 nitrogen and oxygen atoms in total. The van der Waals surface area contributed by atoms with Gasteiger partial charge in [0.15, 0.2) is 5.82 Å². The largest absolute Gasteiger partial charge is 0.466 e. The molecule has 0 bridgehead atoms. The van der Waals surface area contributed by atoms with Gasteiger partial charge in [-0.25, -0.2) is 4.68 Å². The van der Waals surface area contributed by atoms with E-state index in [4.69, 9.17) is 4.74 Å². The van der Waals surface area contributed by atoms with Gasteiger partial charge in [-0.05, 0) is 23.8 Å². The molecular formula is C11H17N7O2. The second kappa shape index (κ2) is 6.73. The Labute approximate surface area is 115 Å². The van der Waals surface area contributed by atoms with Crippen molar-refractivity contribution in [1.82, 2.24) is 35.2 Å². The molecule has 0 aliphatic heterocycles. The molecule has 2 rings (SSSR count). The van der Waals surface area contributed by atoms with Gasteiger partial charge in [-0.2, -0.15) is 0 Å². The standard InChI is InChI=1S/C11H17N7O2/c1-3-5-17-7-9(12-15-17)8-18-10(13-14-16-18)6-11(19)20-4-2/h7H,3-6,8H2,1-2H3. The number of nitrogens with zero attached hydrogens (tertiary/aromatic N) is 7. The summed E-state index contributed by atoms with van der Waals surface area (Å²) in [7, 11) is 0. The predicted octanol–water partition coefficient (Wildman–Crippen LogP) is -0.171. The average Bonchev–Trinajstić information content (AvgIpc) is 3.01. The fraction of sp³-hybridized carbons (Fsp3) is 0.636. The van der Waals surface area contributed by atoms with E-state index in [0.29, 0.717) is 19.0 Å². The van der Waals surface area contributed by atoms with Gasteiger partial charge in [-0.15, -0.1) is 10.2 Å². The molecule has 2 aromatic heterocycles. The van der Waals surface area contributed by atoms with Crippen molar-refractivity contribution in [2.45, 2.75) is 39.8 Å². The third-order valence-electron chi connectivity index (χ3n) is 2.56. The number of aryl methyl sites for hydroxylation is 1. The maximum Gasteiger partial charge on any atom is 0.313 e. The highest BCUT2D eigenvalue weighted by atomic mass is 16.5. The molecule has 2 heterocycles. The van der Waals surface area contributed by atoms with Crippen LogP contribution in [0.25, 0.3) is 0 Å². The number of ether oxygens (including phenoxy) is 1. The van der Waals surface area contributed by atoms with Crippen LogP contribution in [-0.4, -0.2) is 47.8 Å². The van der Waals surface area contributed by atoms with E-state index in [1.807, 2.05) is 6.20 Å². The normalized spacial score (nSPS) is 10.7. The van der Waals surface area contributed by atoms with Crippen LogP contribution < -0.4 is 0 Å². The quantitative estimate of drug-likeness (QED) is 0.648. The molecule has 0 unspecified atom stereocenters. The predicted molar refractivity (Wildman–Crippen MR) is 67.6 cm³/mol. The Morgan fingerprint density at radius 1 is 1.30 bits per heavy atom. The zero-order valence-electron chi connectivity index (χ0n) is 11.6. The summed E-state index contributed by atoms with van der Waals surface area (Å²) in [5, 5.41) is 19.3. The Morgan fingerprint density at radius 3 is 2.90 bits per heavy atom. The summed E-state index contributed by atoms with van der Waals surface area (Å²) in [6.07, 6.45) is 2.88. The van der Waals surface area contributed by atoms with Gasteiger partial charge in [0.25, 0.3) is 0 Å². The first-order valence-corrected chi connectivity index (χ1v) is 6.52. The van der Waals surface area contributed by atoms with Gasteiger partial charge >= 0.3 is 5.97 Å². The molecule has 0 amide bonds. The lowest BCUT2D eigenvalue weighted by Crippen LogP contribution is -2.14. The number of carbonyl (C=O) groups excluding carboxylic acids is 1. The van der Waals surface area contributed by atoms with E-state index in [1.54, 1.807) is 11.6 Å². The smallest absolute Gasteiger partial charge is 0.313 e. The number of hydrogen-bond donors (Lipinski definition) is 0. The third-order valence-corrected chi connectivity index (χ3v) is 2.56. The van der Waals surface area contributed by atoms with Crippen LogP contribution in [0, 0.1) is 0 Å². The molecule has 0 radical (unpaired) electrons. The Morgan fingerprint density at radius 2 is 2.15 bits per heavy atom. The van der Waals surface area contributed by atoms with Crippen LogP contribution in [0.1, 0.15) is 31.8 Å². The van der Waals surface area contributed by atoms with Gasteiger partial charge in [0.05, 0.1) is 19.3 Å². The molecule has 0 atom stereocenters. The molecule has 108 valence electrons. The van der Waals surface area contributed by atoms with Gasteiger partial charge in [-0.1, -0.05) is 12.1 Å². The molecule has 0 fully saturated rings. The van der Waals surface area contributed by atoms with Crippen LogP contribution in [0.4, 0.5) is 0 Å². The lowest BCUT2D eigenvalue weighted by Gasteiger charge is -2.02. The summed E-state index contributed by atoms with van der Waals surface area (Å²) in [6.45, 7) is 5.36. The Bertz CT molecular complexity index is 563. The van der Waals surface area contributed by atoms with E-state index >= 15 is 0 Å². The highest BCUT2D eigenvalue weighted by molar-refractivity contribution is 5.71. The van der Waals surface area contributed by atoms with E-state index < -0.39 is 0 Å². The van der Waals surface area contributed by atoms with Gasteiger partial charge in [0.1, 0.15) is 12.1 Å². The molecule has 0 aromatic carbocycles. The van der Waals surface area contributed by atoms with E-state index in [-0.39, 0.29) is 12.4 Å². The second-order valence-electron chi connectivity index (χ2n) is 4.21. The summed E-state index contributed by atoms with van der Waals surface area (Å²) in [4.78, 5) is 11.4. The highest BCUT2D eigenvalue weighted by Gasteiger charge is 2.13. The fourth-order valence-electron chi connectivity index (χ4n) is 1.72. The molecule has 0 spiro atoms. The van der Waals surface area contributed by atoms with Crippen LogP contribution in [0.5, 0.6) is 0 Å². The van der Waals surface area contributed by atoms with Crippen molar-refractivity contribution >= 4 is 5.97 Å². The van der Waals surface area contributed by atoms with Gasteiger partial charge < -0.3 is 4.74 Å². The first kappa shape index (κ1) is 14.1. The summed E-state index contributed by atoms with van der Waals surface area (Å²) < 4.78 is 8.17. The van der Waals surface area contributed by atoms with Crippen molar-refractivity contribution in [3.05, 3.63) is 17.7 Å². The molecule has 0 aliphatic rings. The maximum atomic E-state index is 11.4. The molecule has 0 aliphatic carbocycles. The van der Waals surface area contributed by atoms with Gasteiger partial charge in [-0.3, -0.25) is 9.48 Å². The van der Waals surface area contributed by atoms with Crippen LogP contribution in [0.3, 0.4) is 0 Å². The molecule has 0 saturated carbocycles. The monoisotopic (exact) mass is 279 g/mol. The molecule has 0 N–H and O–H groups in total. The van der Waals surface area contributed by atoms with Crippen LogP contribution in [0.15, 0.2) is 6.20 Å². The first-order chi connectivity index (χ1) is 9.72. The van der Waals surface area contributed by atoms with Crippen LogP contribution >= 0.6 is 0 Å². The zero-order valence-corrected chi connectivity index (χ0v) is 11.6. The minimum Gasteiger partial charge on any atom is -0.466 e. The molecule has 0 saturated heterocycles. The minimum atomic E-state index is -0.349. The van der Waals surface area contributed by atoms with Crippen molar-refractivity contribution in [2.24, 2.45) is 0 Å². The van der Waals surface area contributed by atoms with Crippen molar-refractivity contribution in [3.8, 4) is 0 Å². The Balaban J connectivity index is 2.02. The van der Waals surface area contributed by atoms with Crippen LogP contribution in [-0.2, 0) is 29.0 Å². The summed E-state index contributed by atoms with van der Waals surface area (Å²) in [5.41, 5.74) is 0.746. The molecule has 2 aromatic rings. The fourth-order valence-corrected chi connectivity index (χ4v) is 1.72. The number of tetrazole rings is 1. The second-order valence-corrected chi connectivity index (χ2v) is 4.21. The maximum absolute atomic E-state index is 11.4. The van der Waals surface area contributed by atoms with E-state index in [0.717, 1.165) is 18.7 Å². The van der Waals surface area contributed by atoms with Gasteiger partial charge in [0, 0.05) is 6.54 Å². The minimum absolute atomic E-state index is 0.0456. The topological polar surface area (TPSA) is 101 Å². The van der Waals surface area contributed by atoms with Crippen molar-refractivity contribution in [2.75, 3.05) is 6.61 Å². The van der Waals surface area contributed by atoms with E-state index in [9.17, 15) is 4.79 Å². The lowest BCUT2D eigenvalue weighted by molar-refractivity contribution is -0.142. The molecule has 20 heavy (non-hydrogen) atoms. The van der Waals surface area contributed by atoms with Gasteiger partial charge in [0.2, 0.25) is 0 Å². The zero-order chi connectivity index (χ0) is 14.4. The molecule has 9 heteroatoms. The number of carbonyl (C=O) groups is 1. The number of hydrogen-bond acceptors (Lipinski definition) is 7. The van der Waals surface area contributed by atoms with Crippen molar-refractivity contribution in [1.29, 1.82) is 0 Å². The Hall–Kier alpha value is -2.32. The highest BCUT2D eigenvalue weighted by Crippen LogP contribution is 2.02. The van der Waals surface area contributed by atoms with Crippen molar-refractivity contribution in [3.63, 3.8) is 0 Å².